The highest BCUT2D eigenvalue weighted by molar-refractivity contribution is 5.20. The Morgan fingerprint density at radius 2 is 1.75 bits per heavy atom. The maximum Gasteiger partial charge on any atom is 0.407 e. The predicted octanol–water partition coefficient (Wildman–Crippen LogP) is 4.85. The van der Waals surface area contributed by atoms with Gasteiger partial charge in [0.05, 0.1) is 0 Å². The fourth-order valence-electron chi connectivity index (χ4n) is 2.91. The van der Waals surface area contributed by atoms with E-state index in [1.54, 1.807) is 30.3 Å². The minimum absolute atomic E-state index is 0.0354. The standard InChI is InChI=1S/C16H22F3N/c1-12-6-5-9-14(11-10-12)20-15(16(17,18)19)13-7-3-2-4-8-13/h2-4,7-8,12,14-15,20H,5-6,9-11H2,1H3. The first kappa shape index (κ1) is 15.4. The highest BCUT2D eigenvalue weighted by Crippen LogP contribution is 2.34. The third kappa shape index (κ3) is 4.23. The van der Waals surface area contributed by atoms with Crippen molar-refractivity contribution in [3.63, 3.8) is 0 Å². The van der Waals surface area contributed by atoms with Crippen LogP contribution in [0.15, 0.2) is 30.3 Å². The molecule has 112 valence electrons. The van der Waals surface area contributed by atoms with Crippen LogP contribution in [0.5, 0.6) is 0 Å². The highest BCUT2D eigenvalue weighted by atomic mass is 19.4. The monoisotopic (exact) mass is 285 g/mol. The van der Waals surface area contributed by atoms with Crippen LogP contribution in [-0.4, -0.2) is 12.2 Å². The van der Waals surface area contributed by atoms with E-state index in [-0.39, 0.29) is 6.04 Å². The van der Waals surface area contributed by atoms with Gasteiger partial charge < -0.3 is 0 Å². The van der Waals surface area contributed by atoms with Crippen molar-refractivity contribution in [2.45, 2.75) is 57.3 Å². The van der Waals surface area contributed by atoms with Crippen molar-refractivity contribution >= 4 is 0 Å². The lowest BCUT2D eigenvalue weighted by Crippen LogP contribution is -2.40. The molecule has 0 saturated heterocycles. The van der Waals surface area contributed by atoms with Crippen LogP contribution < -0.4 is 5.32 Å². The Morgan fingerprint density at radius 1 is 1.05 bits per heavy atom. The molecule has 0 aromatic heterocycles. The molecule has 0 amide bonds. The largest absolute Gasteiger partial charge is 0.407 e. The molecule has 0 heterocycles. The SMILES string of the molecule is CC1CCCC(NC(c2ccccc2)C(F)(F)F)CC1. The van der Waals surface area contributed by atoms with Gasteiger partial charge >= 0.3 is 6.18 Å². The van der Waals surface area contributed by atoms with Crippen LogP contribution in [0.4, 0.5) is 13.2 Å². The summed E-state index contributed by atoms with van der Waals surface area (Å²) in [5, 5.41) is 2.85. The molecule has 3 atom stereocenters. The normalized spacial score (nSPS) is 26.0. The molecule has 0 radical (unpaired) electrons. The predicted molar refractivity (Wildman–Crippen MR) is 74.4 cm³/mol. The maximum atomic E-state index is 13.3. The van der Waals surface area contributed by atoms with Gasteiger partial charge in [-0.25, -0.2) is 0 Å². The highest BCUT2D eigenvalue weighted by Gasteiger charge is 2.41. The van der Waals surface area contributed by atoms with Crippen LogP contribution >= 0.6 is 0 Å². The molecule has 0 aliphatic heterocycles. The van der Waals surface area contributed by atoms with Crippen LogP contribution in [0.3, 0.4) is 0 Å². The Labute approximate surface area is 118 Å². The molecule has 1 saturated carbocycles. The Hall–Kier alpha value is -1.03. The lowest BCUT2D eigenvalue weighted by molar-refractivity contribution is -0.160. The van der Waals surface area contributed by atoms with E-state index >= 15 is 0 Å². The zero-order valence-electron chi connectivity index (χ0n) is 11.8. The molecular formula is C16H22F3N. The molecule has 1 aromatic rings. The second-order valence-electron chi connectivity index (χ2n) is 5.86. The van der Waals surface area contributed by atoms with Crippen molar-refractivity contribution in [1.82, 2.24) is 5.32 Å². The average Bonchev–Trinajstić information content (AvgIpc) is 2.60. The fraction of sp³-hybridized carbons (Fsp3) is 0.625. The molecule has 2 rings (SSSR count). The summed E-state index contributed by atoms with van der Waals surface area (Å²) >= 11 is 0. The number of rotatable bonds is 3. The molecule has 1 fully saturated rings. The van der Waals surface area contributed by atoms with Crippen LogP contribution in [0.2, 0.25) is 0 Å². The van der Waals surface area contributed by atoms with Gasteiger partial charge in [0, 0.05) is 6.04 Å². The van der Waals surface area contributed by atoms with Gasteiger partial charge in [-0.05, 0) is 30.7 Å². The fourth-order valence-corrected chi connectivity index (χ4v) is 2.91. The quantitative estimate of drug-likeness (QED) is 0.783. The van der Waals surface area contributed by atoms with Gasteiger partial charge in [-0.15, -0.1) is 0 Å². The zero-order chi connectivity index (χ0) is 14.6. The lowest BCUT2D eigenvalue weighted by Gasteiger charge is -2.27. The van der Waals surface area contributed by atoms with E-state index in [1.807, 2.05) is 0 Å². The molecule has 1 nitrogen and oxygen atoms in total. The molecule has 1 aliphatic rings. The molecule has 1 aliphatic carbocycles. The molecule has 0 spiro atoms. The molecule has 0 bridgehead atoms. The van der Waals surface area contributed by atoms with Crippen LogP contribution in [-0.2, 0) is 0 Å². The lowest BCUT2D eigenvalue weighted by atomic mass is 10.0. The number of alkyl halides is 3. The Kier molecular flexibility index (Phi) is 5.08. The van der Waals surface area contributed by atoms with E-state index in [0.717, 1.165) is 32.1 Å². The number of hydrogen-bond acceptors (Lipinski definition) is 1. The van der Waals surface area contributed by atoms with Crippen molar-refractivity contribution in [2.75, 3.05) is 0 Å². The van der Waals surface area contributed by atoms with Gasteiger partial charge in [0.25, 0.3) is 0 Å². The molecule has 1 aromatic carbocycles. The van der Waals surface area contributed by atoms with Gasteiger partial charge in [0.2, 0.25) is 0 Å². The van der Waals surface area contributed by atoms with Crippen LogP contribution in [0.25, 0.3) is 0 Å². The Bertz CT molecular complexity index is 402. The smallest absolute Gasteiger partial charge is 0.300 e. The summed E-state index contributed by atoms with van der Waals surface area (Å²) in [6, 6.07) is 6.56. The van der Waals surface area contributed by atoms with E-state index in [2.05, 4.69) is 12.2 Å². The van der Waals surface area contributed by atoms with E-state index in [9.17, 15) is 13.2 Å². The Balaban J connectivity index is 2.09. The number of hydrogen-bond donors (Lipinski definition) is 1. The van der Waals surface area contributed by atoms with Crippen molar-refractivity contribution in [3.05, 3.63) is 35.9 Å². The van der Waals surface area contributed by atoms with Gasteiger partial charge in [-0.3, -0.25) is 5.32 Å². The topological polar surface area (TPSA) is 12.0 Å². The molecule has 1 N–H and O–H groups in total. The first-order valence-electron chi connectivity index (χ1n) is 7.34. The van der Waals surface area contributed by atoms with E-state index in [1.165, 1.54) is 0 Å². The second kappa shape index (κ2) is 6.61. The first-order chi connectivity index (χ1) is 9.47. The number of nitrogens with one attached hydrogen (secondary N) is 1. The van der Waals surface area contributed by atoms with Gasteiger partial charge in [0.1, 0.15) is 6.04 Å². The van der Waals surface area contributed by atoms with E-state index in [4.69, 9.17) is 0 Å². The minimum atomic E-state index is -4.25. The van der Waals surface area contributed by atoms with E-state index in [0.29, 0.717) is 11.5 Å². The second-order valence-corrected chi connectivity index (χ2v) is 5.86. The van der Waals surface area contributed by atoms with Crippen molar-refractivity contribution in [1.29, 1.82) is 0 Å². The summed E-state index contributed by atoms with van der Waals surface area (Å²) < 4.78 is 39.8. The number of halogens is 3. The summed E-state index contributed by atoms with van der Waals surface area (Å²) in [5.41, 5.74) is 0.303. The molecule has 3 unspecified atom stereocenters. The summed E-state index contributed by atoms with van der Waals surface area (Å²) in [7, 11) is 0. The zero-order valence-corrected chi connectivity index (χ0v) is 11.8. The van der Waals surface area contributed by atoms with Gasteiger partial charge in [-0.2, -0.15) is 13.2 Å². The van der Waals surface area contributed by atoms with Crippen LogP contribution in [0, 0.1) is 5.92 Å². The third-order valence-electron chi connectivity index (χ3n) is 4.12. The van der Waals surface area contributed by atoms with Crippen molar-refractivity contribution < 1.29 is 13.2 Å². The van der Waals surface area contributed by atoms with Crippen molar-refractivity contribution in [3.8, 4) is 0 Å². The Morgan fingerprint density at radius 3 is 2.40 bits per heavy atom. The minimum Gasteiger partial charge on any atom is -0.300 e. The summed E-state index contributed by atoms with van der Waals surface area (Å²) in [6.45, 7) is 2.18. The summed E-state index contributed by atoms with van der Waals surface area (Å²) in [4.78, 5) is 0. The molecule has 4 heteroatoms. The molecular weight excluding hydrogens is 263 g/mol. The number of benzene rings is 1. The first-order valence-corrected chi connectivity index (χ1v) is 7.34. The van der Waals surface area contributed by atoms with Gasteiger partial charge in [-0.1, -0.05) is 50.1 Å². The van der Waals surface area contributed by atoms with E-state index < -0.39 is 12.2 Å². The summed E-state index contributed by atoms with van der Waals surface area (Å²) in [6.07, 6.45) is 0.568. The van der Waals surface area contributed by atoms with Crippen molar-refractivity contribution in [2.24, 2.45) is 5.92 Å². The maximum absolute atomic E-state index is 13.3. The molecule has 20 heavy (non-hydrogen) atoms. The summed E-state index contributed by atoms with van der Waals surface area (Å²) in [5.74, 6) is 0.628. The third-order valence-corrected chi connectivity index (χ3v) is 4.12. The van der Waals surface area contributed by atoms with Gasteiger partial charge in [0.15, 0.2) is 0 Å². The van der Waals surface area contributed by atoms with Crippen LogP contribution in [0.1, 0.15) is 50.6 Å². The average molecular weight is 285 g/mol.